The van der Waals surface area contributed by atoms with Crippen LogP contribution in [0.2, 0.25) is 0 Å². The van der Waals surface area contributed by atoms with Crippen LogP contribution in [0, 0.1) is 11.8 Å². The van der Waals surface area contributed by atoms with Crippen molar-refractivity contribution in [3.8, 4) is 5.75 Å². The maximum atomic E-state index is 12.1. The molecular formula is C27H34N4O4. The smallest absolute Gasteiger partial charge is 0.308 e. The van der Waals surface area contributed by atoms with Crippen LogP contribution in [0.5, 0.6) is 5.75 Å². The second kappa shape index (κ2) is 12.0. The Bertz CT molecular complexity index is 1110. The molecule has 0 bridgehead atoms. The van der Waals surface area contributed by atoms with E-state index in [2.05, 4.69) is 19.9 Å². The molecule has 3 atom stereocenters. The molecule has 0 amide bonds. The van der Waals surface area contributed by atoms with Gasteiger partial charge in [-0.2, -0.15) is 0 Å². The number of carboxylic acid groups (broad SMARTS) is 1. The number of carbonyl (C=O) groups is 1. The first kappa shape index (κ1) is 25.0. The van der Waals surface area contributed by atoms with Crippen LogP contribution in [0.1, 0.15) is 49.5 Å². The Kier molecular flexibility index (Phi) is 8.60. The SMILES string of the molecule is COc1ccc2nccc([C@H](O)CC[C@@H]3CCN(CCCCc4ccncn4)C[C@@H]3C(=O)O)c2c1. The van der Waals surface area contributed by atoms with Crippen LogP contribution in [0.3, 0.4) is 0 Å². The minimum absolute atomic E-state index is 0.0575. The predicted octanol–water partition coefficient (Wildman–Crippen LogP) is 3.89. The lowest BCUT2D eigenvalue weighted by molar-refractivity contribution is -0.146. The van der Waals surface area contributed by atoms with E-state index in [0.29, 0.717) is 25.1 Å². The minimum atomic E-state index is -0.741. The van der Waals surface area contributed by atoms with Crippen LogP contribution in [-0.2, 0) is 11.2 Å². The van der Waals surface area contributed by atoms with E-state index in [9.17, 15) is 15.0 Å². The van der Waals surface area contributed by atoms with Gasteiger partial charge in [0.1, 0.15) is 12.1 Å². The summed E-state index contributed by atoms with van der Waals surface area (Å²) in [4.78, 5) is 26.9. The summed E-state index contributed by atoms with van der Waals surface area (Å²) in [7, 11) is 1.62. The molecule has 2 aromatic heterocycles. The van der Waals surface area contributed by atoms with Gasteiger partial charge in [-0.15, -0.1) is 0 Å². The zero-order chi connectivity index (χ0) is 24.6. The van der Waals surface area contributed by atoms with Gasteiger partial charge in [-0.25, -0.2) is 9.97 Å². The van der Waals surface area contributed by atoms with Gasteiger partial charge in [-0.1, -0.05) is 0 Å². The Hall–Kier alpha value is -3.10. The molecule has 1 aliphatic heterocycles. The van der Waals surface area contributed by atoms with E-state index in [0.717, 1.165) is 60.9 Å². The highest BCUT2D eigenvalue weighted by molar-refractivity contribution is 5.83. The molecule has 0 saturated carbocycles. The molecule has 2 N–H and O–H groups in total. The number of nitrogens with zero attached hydrogens (tertiary/aromatic N) is 4. The van der Waals surface area contributed by atoms with Gasteiger partial charge in [0.05, 0.1) is 24.6 Å². The maximum absolute atomic E-state index is 12.1. The van der Waals surface area contributed by atoms with Crippen molar-refractivity contribution >= 4 is 16.9 Å². The summed E-state index contributed by atoms with van der Waals surface area (Å²) >= 11 is 0. The zero-order valence-electron chi connectivity index (χ0n) is 20.2. The highest BCUT2D eigenvalue weighted by Gasteiger charge is 2.34. The number of ether oxygens (including phenoxy) is 1. The van der Waals surface area contributed by atoms with Crippen molar-refractivity contribution in [3.63, 3.8) is 0 Å². The lowest BCUT2D eigenvalue weighted by Crippen LogP contribution is -2.44. The molecule has 0 aliphatic carbocycles. The molecule has 186 valence electrons. The van der Waals surface area contributed by atoms with E-state index < -0.39 is 18.0 Å². The van der Waals surface area contributed by atoms with Crippen molar-refractivity contribution in [3.05, 3.63) is 60.3 Å². The van der Waals surface area contributed by atoms with Gasteiger partial charge in [0.2, 0.25) is 0 Å². The molecule has 1 aliphatic rings. The molecule has 8 nitrogen and oxygen atoms in total. The lowest BCUT2D eigenvalue weighted by atomic mass is 9.81. The molecule has 4 rings (SSSR count). The number of rotatable bonds is 11. The average Bonchev–Trinajstić information content (AvgIpc) is 2.89. The third kappa shape index (κ3) is 6.52. The molecule has 0 radical (unpaired) electrons. The van der Waals surface area contributed by atoms with Crippen molar-refractivity contribution < 1.29 is 19.7 Å². The second-order valence-corrected chi connectivity index (χ2v) is 9.33. The van der Waals surface area contributed by atoms with Gasteiger partial charge in [-0.05, 0) is 93.4 Å². The molecular weight excluding hydrogens is 444 g/mol. The summed E-state index contributed by atoms with van der Waals surface area (Å²) < 4.78 is 5.34. The van der Waals surface area contributed by atoms with Gasteiger partial charge in [0, 0.05) is 30.0 Å². The Labute approximate surface area is 206 Å². The number of unbranched alkanes of at least 4 members (excludes halogenated alkanes) is 1. The molecule has 1 saturated heterocycles. The Balaban J connectivity index is 1.30. The van der Waals surface area contributed by atoms with Crippen LogP contribution in [0.25, 0.3) is 10.9 Å². The summed E-state index contributed by atoms with van der Waals surface area (Å²) in [5, 5.41) is 21.8. The van der Waals surface area contributed by atoms with E-state index in [-0.39, 0.29) is 5.92 Å². The number of pyridine rings is 1. The zero-order valence-corrected chi connectivity index (χ0v) is 20.2. The molecule has 1 fully saturated rings. The fourth-order valence-corrected chi connectivity index (χ4v) is 5.10. The Morgan fingerprint density at radius 1 is 1.20 bits per heavy atom. The molecule has 3 aromatic rings. The number of piperidine rings is 1. The summed E-state index contributed by atoms with van der Waals surface area (Å²) in [5.74, 6) is -0.377. The van der Waals surface area contributed by atoms with E-state index in [1.54, 1.807) is 25.8 Å². The van der Waals surface area contributed by atoms with Gasteiger partial charge >= 0.3 is 5.97 Å². The number of benzene rings is 1. The Morgan fingerprint density at radius 2 is 2.09 bits per heavy atom. The number of methoxy groups -OCH3 is 1. The molecule has 1 aromatic carbocycles. The number of fused-ring (bicyclic) bond motifs is 1. The topological polar surface area (TPSA) is 109 Å². The third-order valence-electron chi connectivity index (χ3n) is 7.11. The highest BCUT2D eigenvalue weighted by atomic mass is 16.5. The van der Waals surface area contributed by atoms with E-state index in [1.807, 2.05) is 30.3 Å². The van der Waals surface area contributed by atoms with Gasteiger partial charge in [0.15, 0.2) is 0 Å². The molecule has 3 heterocycles. The van der Waals surface area contributed by atoms with Crippen LogP contribution in [0.4, 0.5) is 0 Å². The highest BCUT2D eigenvalue weighted by Crippen LogP contribution is 2.33. The molecule has 0 unspecified atom stereocenters. The van der Waals surface area contributed by atoms with Crippen LogP contribution >= 0.6 is 0 Å². The van der Waals surface area contributed by atoms with E-state index >= 15 is 0 Å². The number of hydrogen-bond donors (Lipinski definition) is 2. The summed E-state index contributed by atoms with van der Waals surface area (Å²) in [6.07, 6.45) is 9.33. The quantitative estimate of drug-likeness (QED) is 0.400. The van der Waals surface area contributed by atoms with E-state index in [4.69, 9.17) is 4.74 Å². The number of hydrogen-bond acceptors (Lipinski definition) is 7. The molecule has 0 spiro atoms. The summed E-state index contributed by atoms with van der Waals surface area (Å²) in [5.41, 5.74) is 2.65. The monoisotopic (exact) mass is 478 g/mol. The van der Waals surface area contributed by atoms with Crippen molar-refractivity contribution in [2.45, 2.75) is 44.6 Å². The Morgan fingerprint density at radius 3 is 2.86 bits per heavy atom. The number of likely N-dealkylation sites (tertiary alicyclic amines) is 1. The van der Waals surface area contributed by atoms with Gasteiger partial charge < -0.3 is 19.8 Å². The summed E-state index contributed by atoms with van der Waals surface area (Å²) in [6.45, 7) is 2.36. The number of aliphatic carboxylic acids is 1. The maximum Gasteiger partial charge on any atom is 0.308 e. The number of aryl methyl sites for hydroxylation is 1. The average molecular weight is 479 g/mol. The van der Waals surface area contributed by atoms with Gasteiger partial charge in [-0.3, -0.25) is 9.78 Å². The normalized spacial score (nSPS) is 19.5. The first-order valence-electron chi connectivity index (χ1n) is 12.4. The van der Waals surface area contributed by atoms with Crippen molar-refractivity contribution in [1.82, 2.24) is 19.9 Å². The largest absolute Gasteiger partial charge is 0.497 e. The first-order chi connectivity index (χ1) is 17.0. The third-order valence-corrected chi connectivity index (χ3v) is 7.11. The lowest BCUT2D eigenvalue weighted by Gasteiger charge is -2.37. The van der Waals surface area contributed by atoms with Gasteiger partial charge in [0.25, 0.3) is 0 Å². The minimum Gasteiger partial charge on any atom is -0.497 e. The second-order valence-electron chi connectivity index (χ2n) is 9.33. The van der Waals surface area contributed by atoms with Crippen LogP contribution in [0.15, 0.2) is 49.1 Å². The van der Waals surface area contributed by atoms with Crippen LogP contribution in [-0.4, -0.2) is 62.8 Å². The van der Waals surface area contributed by atoms with Crippen molar-refractivity contribution in [1.29, 1.82) is 0 Å². The number of aromatic nitrogens is 3. The number of aliphatic hydroxyl groups is 1. The predicted molar refractivity (Wildman–Crippen MR) is 133 cm³/mol. The standard InChI is InChI=1S/C27H34N4O4/c1-35-21-6-7-25-23(16-21)22(10-13-29-25)26(32)8-5-19-11-15-31(17-24(19)27(33)34)14-3-2-4-20-9-12-28-18-30-20/h6-7,9-10,12-13,16,18-19,24,26,32H,2-5,8,11,14-15,17H2,1H3,(H,33,34)/t19-,24+,26-/m1/s1. The molecule has 8 heteroatoms. The first-order valence-corrected chi connectivity index (χ1v) is 12.4. The molecule has 35 heavy (non-hydrogen) atoms. The number of aliphatic hydroxyl groups excluding tert-OH is 1. The van der Waals surface area contributed by atoms with E-state index in [1.165, 1.54) is 0 Å². The number of carboxylic acids is 1. The van der Waals surface area contributed by atoms with Crippen LogP contribution < -0.4 is 4.74 Å². The fourth-order valence-electron chi connectivity index (χ4n) is 5.10. The summed E-state index contributed by atoms with van der Waals surface area (Å²) in [6, 6.07) is 9.40. The van der Waals surface area contributed by atoms with Crippen molar-refractivity contribution in [2.24, 2.45) is 11.8 Å². The van der Waals surface area contributed by atoms with Crippen molar-refractivity contribution in [2.75, 3.05) is 26.7 Å². The fraction of sp³-hybridized carbons (Fsp3) is 0.481.